The Balaban J connectivity index is 2.02. The van der Waals surface area contributed by atoms with Crippen molar-refractivity contribution in [2.45, 2.75) is 6.92 Å². The van der Waals surface area contributed by atoms with Crippen LogP contribution in [0.4, 0.5) is 5.69 Å². The first kappa shape index (κ1) is 14.5. The van der Waals surface area contributed by atoms with E-state index in [2.05, 4.69) is 10.6 Å². The number of Topliss-reactive ketones (excluding diaryl/α,β-unsaturated/α-hetero) is 1. The molecule has 5 nitrogen and oxygen atoms in total. The fraction of sp³-hybridized carbons (Fsp3) is 0.0556. The number of benzene rings is 2. The molecule has 0 fully saturated rings. The Hall–Kier alpha value is -3.39. The van der Waals surface area contributed by atoms with Crippen molar-refractivity contribution < 1.29 is 9.59 Å². The van der Waals surface area contributed by atoms with Gasteiger partial charge in [-0.3, -0.25) is 9.59 Å². The third kappa shape index (κ3) is 2.70. The molecule has 0 bridgehead atoms. The number of ketones is 1. The second kappa shape index (κ2) is 5.78. The molecule has 1 heterocycles. The number of nitriles is 1. The van der Waals surface area contributed by atoms with Crippen molar-refractivity contribution in [2.24, 2.45) is 0 Å². The van der Waals surface area contributed by atoms with Gasteiger partial charge in [-0.25, -0.2) is 0 Å². The smallest absolute Gasteiger partial charge is 0.258 e. The molecule has 0 spiro atoms. The summed E-state index contributed by atoms with van der Waals surface area (Å²) in [6.45, 7) is 1.91. The Morgan fingerprint density at radius 1 is 1.04 bits per heavy atom. The van der Waals surface area contributed by atoms with Crippen LogP contribution in [-0.4, -0.2) is 11.7 Å². The lowest BCUT2D eigenvalue weighted by molar-refractivity contribution is 0.0963. The molecule has 0 saturated carbocycles. The number of anilines is 1. The molecule has 23 heavy (non-hydrogen) atoms. The Morgan fingerprint density at radius 3 is 2.43 bits per heavy atom. The number of hydrogen-bond acceptors (Lipinski definition) is 4. The van der Waals surface area contributed by atoms with Crippen LogP contribution in [0.25, 0.3) is 0 Å². The highest BCUT2D eigenvalue weighted by Crippen LogP contribution is 2.23. The largest absolute Gasteiger partial charge is 0.340 e. The number of aryl methyl sites for hydroxylation is 1. The highest BCUT2D eigenvalue weighted by atomic mass is 16.2. The van der Waals surface area contributed by atoms with Gasteiger partial charge in [0.2, 0.25) is 5.78 Å². The Morgan fingerprint density at radius 2 is 1.74 bits per heavy atom. The maximum Gasteiger partial charge on any atom is 0.258 e. The van der Waals surface area contributed by atoms with Gasteiger partial charge in [-0.1, -0.05) is 42.0 Å². The van der Waals surface area contributed by atoms with Gasteiger partial charge < -0.3 is 10.6 Å². The first-order chi connectivity index (χ1) is 11.1. The van der Waals surface area contributed by atoms with Gasteiger partial charge in [0.1, 0.15) is 17.5 Å². The lowest BCUT2D eigenvalue weighted by atomic mass is 10.0. The van der Waals surface area contributed by atoms with Crippen LogP contribution in [0.2, 0.25) is 0 Å². The van der Waals surface area contributed by atoms with Gasteiger partial charge in [-0.05, 0) is 19.1 Å². The second-order valence-corrected chi connectivity index (χ2v) is 5.18. The molecule has 5 heteroatoms. The number of fused-ring (bicyclic) bond motifs is 1. The predicted molar refractivity (Wildman–Crippen MR) is 85.7 cm³/mol. The molecule has 112 valence electrons. The predicted octanol–water partition coefficient (Wildman–Crippen LogP) is 2.77. The van der Waals surface area contributed by atoms with Gasteiger partial charge in [-0.2, -0.15) is 5.26 Å². The van der Waals surface area contributed by atoms with Crippen molar-refractivity contribution in [1.82, 2.24) is 5.32 Å². The Kier molecular flexibility index (Phi) is 3.65. The summed E-state index contributed by atoms with van der Waals surface area (Å²) >= 11 is 0. The summed E-state index contributed by atoms with van der Waals surface area (Å²) in [6, 6.07) is 15.7. The van der Waals surface area contributed by atoms with Crippen molar-refractivity contribution >= 4 is 17.4 Å². The summed E-state index contributed by atoms with van der Waals surface area (Å²) in [4.78, 5) is 24.6. The molecule has 0 unspecified atom stereocenters. The molecule has 0 radical (unpaired) electrons. The van der Waals surface area contributed by atoms with Crippen molar-refractivity contribution in [3.8, 4) is 6.07 Å². The maximum atomic E-state index is 12.5. The highest BCUT2D eigenvalue weighted by molar-refractivity contribution is 6.13. The zero-order valence-electron chi connectivity index (χ0n) is 12.4. The van der Waals surface area contributed by atoms with E-state index < -0.39 is 5.78 Å². The maximum absolute atomic E-state index is 12.5. The number of nitrogens with zero attached hydrogens (tertiary/aromatic N) is 1. The van der Waals surface area contributed by atoms with Crippen molar-refractivity contribution in [3.63, 3.8) is 0 Å². The summed E-state index contributed by atoms with van der Waals surface area (Å²) < 4.78 is 0. The quantitative estimate of drug-likeness (QED) is 0.508. The third-order valence-corrected chi connectivity index (χ3v) is 3.57. The fourth-order valence-corrected chi connectivity index (χ4v) is 2.33. The fourth-order valence-electron chi connectivity index (χ4n) is 2.33. The normalized spacial score (nSPS) is 14.9. The summed E-state index contributed by atoms with van der Waals surface area (Å²) in [7, 11) is 0. The molecule has 3 rings (SSSR count). The topological polar surface area (TPSA) is 82.0 Å². The number of amides is 1. The summed E-state index contributed by atoms with van der Waals surface area (Å²) in [5, 5.41) is 14.9. The minimum absolute atomic E-state index is 0.113. The zero-order valence-corrected chi connectivity index (χ0v) is 12.4. The summed E-state index contributed by atoms with van der Waals surface area (Å²) in [5.41, 5.74) is 2.32. The van der Waals surface area contributed by atoms with Crippen LogP contribution < -0.4 is 10.6 Å². The number of rotatable bonds is 2. The lowest BCUT2D eigenvalue weighted by Crippen LogP contribution is -2.34. The molecule has 2 aromatic rings. The van der Waals surface area contributed by atoms with Crippen molar-refractivity contribution in [3.05, 3.63) is 76.6 Å². The van der Waals surface area contributed by atoms with E-state index in [1.165, 1.54) is 0 Å². The molecule has 1 amide bonds. The number of allylic oxidation sites excluding steroid dienone is 1. The highest BCUT2D eigenvalue weighted by Gasteiger charge is 2.25. The van der Waals surface area contributed by atoms with Gasteiger partial charge in [-0.15, -0.1) is 0 Å². The van der Waals surface area contributed by atoms with E-state index in [9.17, 15) is 14.9 Å². The summed E-state index contributed by atoms with van der Waals surface area (Å²) in [5.74, 6) is -0.671. The number of carbonyl (C=O) groups excluding carboxylic acids is 2. The molecule has 0 atom stereocenters. The van der Waals surface area contributed by atoms with Gasteiger partial charge >= 0.3 is 0 Å². The van der Waals surface area contributed by atoms with Crippen LogP contribution in [0.3, 0.4) is 0 Å². The minimum atomic E-state index is -0.435. The van der Waals surface area contributed by atoms with Crippen molar-refractivity contribution in [2.75, 3.05) is 5.32 Å². The van der Waals surface area contributed by atoms with E-state index in [0.29, 0.717) is 16.8 Å². The van der Waals surface area contributed by atoms with Crippen LogP contribution in [-0.2, 0) is 0 Å². The molecule has 1 aliphatic heterocycles. The average molecular weight is 303 g/mol. The molecule has 0 saturated heterocycles. The van der Waals surface area contributed by atoms with Crippen LogP contribution in [0.5, 0.6) is 0 Å². The van der Waals surface area contributed by atoms with Gasteiger partial charge in [0.15, 0.2) is 0 Å². The monoisotopic (exact) mass is 303 g/mol. The van der Waals surface area contributed by atoms with Crippen LogP contribution in [0.1, 0.15) is 26.3 Å². The Labute approximate surface area is 133 Å². The van der Waals surface area contributed by atoms with E-state index in [4.69, 9.17) is 0 Å². The average Bonchev–Trinajstić information content (AvgIpc) is 2.56. The Bertz CT molecular complexity index is 874. The first-order valence-corrected chi connectivity index (χ1v) is 7.03. The number of carbonyl (C=O) groups is 2. The molecular weight excluding hydrogens is 290 g/mol. The van der Waals surface area contributed by atoms with E-state index in [0.717, 1.165) is 5.56 Å². The van der Waals surface area contributed by atoms with E-state index >= 15 is 0 Å². The van der Waals surface area contributed by atoms with Gasteiger partial charge in [0.05, 0.1) is 11.3 Å². The third-order valence-electron chi connectivity index (χ3n) is 3.57. The number of nitrogens with one attached hydrogen (secondary N) is 2. The first-order valence-electron chi connectivity index (χ1n) is 7.03. The van der Waals surface area contributed by atoms with Crippen LogP contribution >= 0.6 is 0 Å². The van der Waals surface area contributed by atoms with E-state index in [-0.39, 0.29) is 17.3 Å². The lowest BCUT2D eigenvalue weighted by Gasteiger charge is -2.21. The van der Waals surface area contributed by atoms with E-state index in [1.807, 2.05) is 13.0 Å². The van der Waals surface area contributed by atoms with Crippen LogP contribution in [0, 0.1) is 18.3 Å². The molecule has 2 N–H and O–H groups in total. The minimum Gasteiger partial charge on any atom is -0.340 e. The zero-order chi connectivity index (χ0) is 16.4. The molecule has 1 aliphatic rings. The number of hydrogen-bond donors (Lipinski definition) is 2. The number of para-hydroxylation sites is 1. The molecule has 2 aromatic carbocycles. The van der Waals surface area contributed by atoms with Gasteiger partial charge in [0.25, 0.3) is 5.91 Å². The SMILES string of the molecule is Cc1ccc(C(=O)/C(C#N)=C2/NC(=O)c3ccccc3N2)cc1. The van der Waals surface area contributed by atoms with Crippen molar-refractivity contribution in [1.29, 1.82) is 5.26 Å². The molecule has 0 aromatic heterocycles. The molecular formula is C18H13N3O2. The van der Waals surface area contributed by atoms with Gasteiger partial charge in [0, 0.05) is 5.56 Å². The molecule has 0 aliphatic carbocycles. The standard InChI is InChI=1S/C18H13N3O2/c1-11-6-8-12(9-7-11)16(22)14(10-19)17-20-15-5-3-2-4-13(15)18(23)21-17/h2-9,20H,1H3,(H,21,23)/b17-14+. The van der Waals surface area contributed by atoms with Crippen LogP contribution in [0.15, 0.2) is 59.9 Å². The van der Waals surface area contributed by atoms with E-state index in [1.54, 1.807) is 48.5 Å². The summed E-state index contributed by atoms with van der Waals surface area (Å²) in [6.07, 6.45) is 0. The second-order valence-electron chi connectivity index (χ2n) is 5.18.